The van der Waals surface area contributed by atoms with Crippen LogP contribution in [0.2, 0.25) is 0 Å². The van der Waals surface area contributed by atoms with Gasteiger partial charge in [-0.05, 0) is 36.4 Å². The van der Waals surface area contributed by atoms with Crippen LogP contribution in [-0.4, -0.2) is 53.8 Å². The van der Waals surface area contributed by atoms with Crippen LogP contribution in [0.5, 0.6) is 17.2 Å². The number of ether oxygens (including phenoxy) is 2. The van der Waals surface area contributed by atoms with E-state index in [2.05, 4.69) is 10.1 Å². The molecule has 0 saturated heterocycles. The standard InChI is InChI=1S/C27H22F3N3O8/c28-16-10-11-17(29)25(24(16)30)40-14-20(34)19(12-23(36)37)32-22(35)13-31-26(38)27(39)33-18-8-4-5-9-21(18)41-15-6-2-1-3-7-15/h1-11,19H,12-14H2,(H,31,38)(H,32,35)(H,33,39)(H,36,37)/t19-/m0/s1. The number of benzene rings is 3. The van der Waals surface area contributed by atoms with Crippen LogP contribution < -0.4 is 25.4 Å². The third-order valence-corrected chi connectivity index (χ3v) is 5.19. The molecule has 0 aliphatic heterocycles. The van der Waals surface area contributed by atoms with Gasteiger partial charge in [-0.2, -0.15) is 4.39 Å². The number of nitrogens with one attached hydrogen (secondary N) is 3. The van der Waals surface area contributed by atoms with Crippen LogP contribution in [0.1, 0.15) is 6.42 Å². The number of carbonyl (C=O) groups excluding carboxylic acids is 4. The molecule has 41 heavy (non-hydrogen) atoms. The minimum atomic E-state index is -1.74. The highest BCUT2D eigenvalue weighted by Gasteiger charge is 2.26. The number of rotatable bonds is 12. The third-order valence-electron chi connectivity index (χ3n) is 5.19. The second kappa shape index (κ2) is 14.1. The number of halogens is 3. The minimum Gasteiger partial charge on any atom is -0.481 e. The van der Waals surface area contributed by atoms with E-state index in [9.17, 15) is 37.1 Å². The van der Waals surface area contributed by atoms with E-state index in [0.717, 1.165) is 0 Å². The lowest BCUT2D eigenvalue weighted by molar-refractivity contribution is -0.140. The molecule has 0 aliphatic carbocycles. The number of hydrogen-bond acceptors (Lipinski definition) is 7. The zero-order chi connectivity index (χ0) is 29.9. The minimum absolute atomic E-state index is 0.152. The molecule has 214 valence electrons. The Morgan fingerprint density at radius 2 is 1.49 bits per heavy atom. The van der Waals surface area contributed by atoms with Gasteiger partial charge in [-0.3, -0.25) is 24.0 Å². The normalized spacial score (nSPS) is 11.1. The molecule has 3 aromatic rings. The molecule has 3 rings (SSSR count). The summed E-state index contributed by atoms with van der Waals surface area (Å²) in [6.45, 7) is -1.96. The number of ketones is 1. The Labute approximate surface area is 230 Å². The summed E-state index contributed by atoms with van der Waals surface area (Å²) in [7, 11) is 0. The average molecular weight is 573 g/mol. The Balaban J connectivity index is 1.55. The summed E-state index contributed by atoms with van der Waals surface area (Å²) in [5, 5.41) is 15.4. The Hall–Kier alpha value is -5.40. The molecule has 1 atom stereocenters. The maximum atomic E-state index is 13.7. The smallest absolute Gasteiger partial charge is 0.313 e. The molecule has 3 aromatic carbocycles. The second-order valence-electron chi connectivity index (χ2n) is 8.19. The van der Waals surface area contributed by atoms with E-state index >= 15 is 0 Å². The molecule has 0 saturated carbocycles. The summed E-state index contributed by atoms with van der Waals surface area (Å²) in [5.74, 6) is -11.1. The van der Waals surface area contributed by atoms with Gasteiger partial charge in [-0.15, -0.1) is 0 Å². The van der Waals surface area contributed by atoms with E-state index < -0.39 is 78.3 Å². The van der Waals surface area contributed by atoms with Crippen molar-refractivity contribution in [2.75, 3.05) is 18.5 Å². The number of Topliss-reactive ketones (excluding diaryl/α,β-unsaturated/α-hetero) is 1. The van der Waals surface area contributed by atoms with Crippen LogP contribution in [0.15, 0.2) is 66.7 Å². The molecule has 0 fully saturated rings. The van der Waals surface area contributed by atoms with Gasteiger partial charge in [0.2, 0.25) is 11.7 Å². The zero-order valence-electron chi connectivity index (χ0n) is 21.0. The van der Waals surface area contributed by atoms with Crippen LogP contribution in [0.3, 0.4) is 0 Å². The maximum absolute atomic E-state index is 13.7. The van der Waals surface area contributed by atoms with E-state index in [1.54, 1.807) is 48.5 Å². The predicted octanol–water partition coefficient (Wildman–Crippen LogP) is 2.56. The van der Waals surface area contributed by atoms with Crippen molar-refractivity contribution in [2.45, 2.75) is 12.5 Å². The number of carboxylic acid groups (broad SMARTS) is 1. The quantitative estimate of drug-likeness (QED) is 0.190. The fraction of sp³-hybridized carbons (Fsp3) is 0.148. The molecular weight excluding hydrogens is 551 g/mol. The number of aliphatic carboxylic acids is 1. The van der Waals surface area contributed by atoms with Crippen molar-refractivity contribution in [3.05, 3.63) is 84.2 Å². The molecule has 0 bridgehead atoms. The first-order chi connectivity index (χ1) is 19.5. The summed E-state index contributed by atoms with van der Waals surface area (Å²) in [6.07, 6.45) is -0.950. The average Bonchev–Trinajstić information content (AvgIpc) is 2.94. The molecule has 0 spiro atoms. The van der Waals surface area contributed by atoms with Gasteiger partial charge in [0.25, 0.3) is 0 Å². The van der Waals surface area contributed by atoms with Gasteiger partial charge in [0.15, 0.2) is 28.9 Å². The van der Waals surface area contributed by atoms with Crippen molar-refractivity contribution in [2.24, 2.45) is 0 Å². The first kappa shape index (κ1) is 30.1. The van der Waals surface area contributed by atoms with Crippen molar-refractivity contribution < 1.29 is 51.7 Å². The van der Waals surface area contributed by atoms with Crippen molar-refractivity contribution in [3.63, 3.8) is 0 Å². The SMILES string of the molecule is O=C(O)C[C@H](NC(=O)CNC(=O)C(=O)Nc1ccccc1Oc1ccccc1)C(=O)COc1c(F)ccc(F)c1F. The molecular formula is C27H22F3N3O8. The number of anilines is 1. The summed E-state index contributed by atoms with van der Waals surface area (Å²) in [5.41, 5.74) is 0.152. The first-order valence-electron chi connectivity index (χ1n) is 11.8. The maximum Gasteiger partial charge on any atom is 0.313 e. The van der Waals surface area contributed by atoms with Crippen molar-refractivity contribution >= 4 is 35.2 Å². The Kier molecular flexibility index (Phi) is 10.4. The molecule has 0 aliphatic rings. The number of amides is 3. The van der Waals surface area contributed by atoms with E-state index in [4.69, 9.17) is 9.84 Å². The molecule has 4 N–H and O–H groups in total. The monoisotopic (exact) mass is 573 g/mol. The topological polar surface area (TPSA) is 160 Å². The van der Waals surface area contributed by atoms with Gasteiger partial charge in [0, 0.05) is 0 Å². The van der Waals surface area contributed by atoms with Gasteiger partial charge >= 0.3 is 17.8 Å². The number of carboxylic acids is 1. The molecule has 0 unspecified atom stereocenters. The van der Waals surface area contributed by atoms with E-state index in [0.29, 0.717) is 17.9 Å². The summed E-state index contributed by atoms with van der Waals surface area (Å²) < 4.78 is 51.1. The lowest BCUT2D eigenvalue weighted by atomic mass is 10.1. The third kappa shape index (κ3) is 8.81. The van der Waals surface area contributed by atoms with E-state index in [1.807, 2.05) is 10.6 Å². The van der Waals surface area contributed by atoms with Gasteiger partial charge < -0.3 is 30.5 Å². The highest BCUT2D eigenvalue weighted by atomic mass is 19.2. The molecule has 0 heterocycles. The Bertz CT molecular complexity index is 1450. The van der Waals surface area contributed by atoms with Crippen LogP contribution in [0.4, 0.5) is 18.9 Å². The molecule has 0 aromatic heterocycles. The van der Waals surface area contributed by atoms with Crippen LogP contribution in [-0.2, 0) is 24.0 Å². The summed E-state index contributed by atoms with van der Waals surface area (Å²) >= 11 is 0. The van der Waals surface area contributed by atoms with Crippen LogP contribution in [0, 0.1) is 17.5 Å². The largest absolute Gasteiger partial charge is 0.481 e. The zero-order valence-corrected chi connectivity index (χ0v) is 21.0. The van der Waals surface area contributed by atoms with Gasteiger partial charge in [0.1, 0.15) is 18.4 Å². The van der Waals surface area contributed by atoms with E-state index in [-0.39, 0.29) is 11.4 Å². The van der Waals surface area contributed by atoms with Crippen molar-refractivity contribution in [1.82, 2.24) is 10.6 Å². The predicted molar refractivity (Wildman–Crippen MR) is 136 cm³/mol. The second-order valence-corrected chi connectivity index (χ2v) is 8.19. The summed E-state index contributed by atoms with van der Waals surface area (Å²) in [6, 6.07) is 14.2. The highest BCUT2D eigenvalue weighted by molar-refractivity contribution is 6.40. The number of hydrogen-bond donors (Lipinski definition) is 4. The molecule has 0 radical (unpaired) electrons. The van der Waals surface area contributed by atoms with E-state index in [1.165, 1.54) is 6.07 Å². The molecule has 11 nitrogen and oxygen atoms in total. The fourth-order valence-corrected chi connectivity index (χ4v) is 3.24. The highest BCUT2D eigenvalue weighted by Crippen LogP contribution is 2.29. The van der Waals surface area contributed by atoms with Gasteiger partial charge in [-0.25, -0.2) is 8.78 Å². The first-order valence-corrected chi connectivity index (χ1v) is 11.8. The fourth-order valence-electron chi connectivity index (χ4n) is 3.24. The number of carbonyl (C=O) groups is 5. The van der Waals surface area contributed by atoms with Gasteiger partial charge in [-0.1, -0.05) is 30.3 Å². The Morgan fingerprint density at radius 3 is 2.20 bits per heavy atom. The lowest BCUT2D eigenvalue weighted by Gasteiger charge is -2.17. The van der Waals surface area contributed by atoms with Crippen LogP contribution in [0.25, 0.3) is 0 Å². The Morgan fingerprint density at radius 1 is 0.829 bits per heavy atom. The number of para-hydroxylation sites is 3. The van der Waals surface area contributed by atoms with Gasteiger partial charge in [0.05, 0.1) is 18.7 Å². The molecule has 3 amide bonds. The van der Waals surface area contributed by atoms with Crippen LogP contribution >= 0.6 is 0 Å². The van der Waals surface area contributed by atoms with Crippen molar-refractivity contribution in [3.8, 4) is 17.2 Å². The lowest BCUT2D eigenvalue weighted by Crippen LogP contribution is -2.49. The van der Waals surface area contributed by atoms with Crippen molar-refractivity contribution in [1.29, 1.82) is 0 Å². The summed E-state index contributed by atoms with van der Waals surface area (Å²) in [4.78, 5) is 60.4. The molecule has 14 heteroatoms.